The third-order valence-electron chi connectivity index (χ3n) is 5.41. The van der Waals surface area contributed by atoms with Crippen molar-refractivity contribution < 1.29 is 14.5 Å². The molecule has 0 fully saturated rings. The van der Waals surface area contributed by atoms with E-state index in [-0.39, 0.29) is 23.4 Å². The fourth-order valence-corrected chi connectivity index (χ4v) is 4.80. The number of benzene rings is 2. The minimum absolute atomic E-state index is 0.0622. The van der Waals surface area contributed by atoms with Crippen LogP contribution in [0, 0.1) is 10.1 Å². The lowest BCUT2D eigenvalue weighted by molar-refractivity contribution is -0.385. The second-order valence-electron chi connectivity index (χ2n) is 7.28. The molecule has 0 radical (unpaired) electrons. The van der Waals surface area contributed by atoms with Crippen LogP contribution in [0.4, 0.5) is 5.69 Å². The summed E-state index contributed by atoms with van der Waals surface area (Å²) in [6.07, 6.45) is 2.05. The van der Waals surface area contributed by atoms with Crippen LogP contribution in [-0.4, -0.2) is 39.7 Å². The smallest absolute Gasteiger partial charge is 0.311 e. The van der Waals surface area contributed by atoms with E-state index in [1.807, 2.05) is 29.2 Å². The highest BCUT2D eigenvalue weighted by molar-refractivity contribution is 7.99. The maximum absolute atomic E-state index is 13.1. The molecular weight excluding hydrogens is 414 g/mol. The molecule has 3 aromatic rings. The van der Waals surface area contributed by atoms with E-state index in [0.29, 0.717) is 18.1 Å². The van der Waals surface area contributed by atoms with Crippen LogP contribution in [0.25, 0.3) is 0 Å². The Morgan fingerprint density at radius 2 is 1.97 bits per heavy atom. The van der Waals surface area contributed by atoms with E-state index in [4.69, 9.17) is 4.74 Å². The fraction of sp³-hybridized carbons (Fsp3) is 0.261. The number of rotatable bonds is 7. The monoisotopic (exact) mass is 437 g/mol. The van der Waals surface area contributed by atoms with E-state index in [2.05, 4.69) is 29.0 Å². The second-order valence-corrected chi connectivity index (χ2v) is 8.27. The molecule has 31 heavy (non-hydrogen) atoms. The topological polar surface area (TPSA) is 77.6 Å². The molecule has 0 saturated carbocycles. The van der Waals surface area contributed by atoms with Crippen molar-refractivity contribution in [3.05, 3.63) is 93.8 Å². The Morgan fingerprint density at radius 3 is 2.71 bits per heavy atom. The molecule has 1 aromatic heterocycles. The average Bonchev–Trinajstić information content (AvgIpc) is 3.27. The van der Waals surface area contributed by atoms with Crippen molar-refractivity contribution in [3.8, 4) is 5.75 Å². The normalized spacial score (nSPS) is 15.4. The third kappa shape index (κ3) is 4.44. The highest BCUT2D eigenvalue weighted by Gasteiger charge is 2.31. The highest BCUT2D eigenvalue weighted by Crippen LogP contribution is 2.33. The molecule has 4 rings (SSSR count). The molecule has 0 bridgehead atoms. The Labute approximate surface area is 184 Å². The summed E-state index contributed by atoms with van der Waals surface area (Å²) in [7, 11) is 1.41. The number of amides is 1. The van der Waals surface area contributed by atoms with Gasteiger partial charge in [-0.2, -0.15) is 0 Å². The number of nitro groups is 1. The number of nitrogens with zero attached hydrogens (tertiary/aromatic N) is 3. The number of hydrogen-bond donors (Lipinski definition) is 0. The van der Waals surface area contributed by atoms with Crippen molar-refractivity contribution in [1.29, 1.82) is 0 Å². The van der Waals surface area contributed by atoms with Gasteiger partial charge in [0.15, 0.2) is 5.75 Å². The van der Waals surface area contributed by atoms with Gasteiger partial charge in [0.2, 0.25) is 5.91 Å². The van der Waals surface area contributed by atoms with Crippen LogP contribution in [-0.2, 0) is 17.1 Å². The van der Waals surface area contributed by atoms with E-state index >= 15 is 0 Å². The van der Waals surface area contributed by atoms with Gasteiger partial charge in [-0.3, -0.25) is 14.9 Å². The molecule has 8 heteroatoms. The quantitative estimate of drug-likeness (QED) is 0.407. The first kappa shape index (κ1) is 21.0. The van der Waals surface area contributed by atoms with Gasteiger partial charge in [0.25, 0.3) is 0 Å². The molecule has 2 aromatic carbocycles. The standard InChI is InChI=1S/C23H23N3O4S/c1-30-21-10-9-17(14-20(21)26(28)29)15-31-16-22(27)25-13-12-24-11-5-8-19(24)23(25)18-6-3-2-4-7-18/h2-11,14,23H,12-13,15-16H2,1H3. The van der Waals surface area contributed by atoms with E-state index in [9.17, 15) is 14.9 Å². The molecule has 0 aliphatic carbocycles. The van der Waals surface area contributed by atoms with Crippen molar-refractivity contribution in [3.63, 3.8) is 0 Å². The summed E-state index contributed by atoms with van der Waals surface area (Å²) in [5.41, 5.74) is 2.93. The van der Waals surface area contributed by atoms with Crippen molar-refractivity contribution in [1.82, 2.24) is 9.47 Å². The van der Waals surface area contributed by atoms with Crippen LogP contribution in [0.3, 0.4) is 0 Å². The summed E-state index contributed by atoms with van der Waals surface area (Å²) in [5, 5.41) is 11.2. The first-order valence-corrected chi connectivity index (χ1v) is 11.1. The Kier molecular flexibility index (Phi) is 6.27. The van der Waals surface area contributed by atoms with Gasteiger partial charge in [0, 0.05) is 36.8 Å². The summed E-state index contributed by atoms with van der Waals surface area (Å²) in [4.78, 5) is 25.9. The largest absolute Gasteiger partial charge is 0.490 e. The zero-order valence-electron chi connectivity index (χ0n) is 17.1. The number of fused-ring (bicyclic) bond motifs is 1. The fourth-order valence-electron chi connectivity index (χ4n) is 3.95. The number of thioether (sulfide) groups is 1. The predicted molar refractivity (Wildman–Crippen MR) is 120 cm³/mol. The van der Waals surface area contributed by atoms with Gasteiger partial charge in [-0.25, -0.2) is 0 Å². The SMILES string of the molecule is COc1ccc(CSCC(=O)N2CCn3cccc3C2c2ccccc2)cc1[N+](=O)[O-]. The van der Waals surface area contributed by atoms with Gasteiger partial charge in [0.05, 0.1) is 23.8 Å². The summed E-state index contributed by atoms with van der Waals surface area (Å²) < 4.78 is 7.25. The number of ether oxygens (including phenoxy) is 1. The molecule has 1 aliphatic heterocycles. The lowest BCUT2D eigenvalue weighted by atomic mass is 10.00. The van der Waals surface area contributed by atoms with Crippen LogP contribution in [0.2, 0.25) is 0 Å². The zero-order valence-corrected chi connectivity index (χ0v) is 18.0. The van der Waals surface area contributed by atoms with E-state index in [1.54, 1.807) is 12.1 Å². The number of hydrogen-bond acceptors (Lipinski definition) is 5. The number of carbonyl (C=O) groups is 1. The molecule has 7 nitrogen and oxygen atoms in total. The van der Waals surface area contributed by atoms with Gasteiger partial charge in [0.1, 0.15) is 0 Å². The number of methoxy groups -OCH3 is 1. The minimum Gasteiger partial charge on any atom is -0.490 e. The molecule has 0 spiro atoms. The van der Waals surface area contributed by atoms with Gasteiger partial charge in [-0.05, 0) is 29.3 Å². The zero-order chi connectivity index (χ0) is 21.8. The summed E-state index contributed by atoms with van der Waals surface area (Å²) in [5.74, 6) is 1.12. The average molecular weight is 438 g/mol. The van der Waals surface area contributed by atoms with Gasteiger partial charge in [-0.15, -0.1) is 11.8 Å². The van der Waals surface area contributed by atoms with E-state index < -0.39 is 4.92 Å². The number of aromatic nitrogens is 1. The second kappa shape index (κ2) is 9.26. The maximum Gasteiger partial charge on any atom is 0.311 e. The molecular formula is C23H23N3O4S. The molecule has 1 atom stereocenters. The lowest BCUT2D eigenvalue weighted by Gasteiger charge is -2.37. The maximum atomic E-state index is 13.1. The predicted octanol–water partition coefficient (Wildman–Crippen LogP) is 4.27. The Morgan fingerprint density at radius 1 is 1.16 bits per heavy atom. The van der Waals surface area contributed by atoms with Gasteiger partial charge >= 0.3 is 5.69 Å². The molecule has 0 saturated heterocycles. The lowest BCUT2D eigenvalue weighted by Crippen LogP contribution is -2.43. The minimum atomic E-state index is -0.453. The molecule has 160 valence electrons. The summed E-state index contributed by atoms with van der Waals surface area (Å²) in [6, 6.07) is 18.9. The number of nitro benzene ring substituents is 1. The summed E-state index contributed by atoms with van der Waals surface area (Å²) >= 11 is 1.46. The van der Waals surface area contributed by atoms with Crippen LogP contribution in [0.1, 0.15) is 22.9 Å². The molecule has 1 aliphatic rings. The molecule has 0 N–H and O–H groups in total. The Bertz CT molecular complexity index is 1080. The van der Waals surface area contributed by atoms with Crippen LogP contribution < -0.4 is 4.74 Å². The van der Waals surface area contributed by atoms with Crippen LogP contribution in [0.15, 0.2) is 66.9 Å². The van der Waals surface area contributed by atoms with E-state index in [0.717, 1.165) is 23.4 Å². The van der Waals surface area contributed by atoms with Crippen molar-refractivity contribution in [2.75, 3.05) is 19.4 Å². The number of carbonyl (C=O) groups excluding carboxylic acids is 1. The molecule has 2 heterocycles. The summed E-state index contributed by atoms with van der Waals surface area (Å²) in [6.45, 7) is 1.42. The van der Waals surface area contributed by atoms with Crippen LogP contribution in [0.5, 0.6) is 5.75 Å². The van der Waals surface area contributed by atoms with Crippen molar-refractivity contribution in [2.24, 2.45) is 0 Å². The van der Waals surface area contributed by atoms with E-state index in [1.165, 1.54) is 24.9 Å². The highest BCUT2D eigenvalue weighted by atomic mass is 32.2. The van der Waals surface area contributed by atoms with Crippen molar-refractivity contribution in [2.45, 2.75) is 18.3 Å². The first-order chi connectivity index (χ1) is 15.1. The Hall–Kier alpha value is -3.26. The van der Waals surface area contributed by atoms with Crippen molar-refractivity contribution >= 4 is 23.4 Å². The van der Waals surface area contributed by atoms with Gasteiger partial charge < -0.3 is 14.2 Å². The van der Waals surface area contributed by atoms with Crippen LogP contribution >= 0.6 is 11.8 Å². The molecule has 1 amide bonds. The Balaban J connectivity index is 1.46. The van der Waals surface area contributed by atoms with Gasteiger partial charge in [-0.1, -0.05) is 36.4 Å². The third-order valence-corrected chi connectivity index (χ3v) is 6.40. The first-order valence-electron chi connectivity index (χ1n) is 9.97. The molecule has 1 unspecified atom stereocenters.